The molecule has 0 unspecified atom stereocenters. The van der Waals surface area contributed by atoms with Crippen LogP contribution in [0.2, 0.25) is 0 Å². The zero-order chi connectivity index (χ0) is 23.6. The van der Waals surface area contributed by atoms with Crippen molar-refractivity contribution in [3.05, 3.63) is 65.5 Å². The molecule has 8 nitrogen and oxygen atoms in total. The summed E-state index contributed by atoms with van der Waals surface area (Å²) in [6.45, 7) is 7.40. The van der Waals surface area contributed by atoms with Crippen molar-refractivity contribution in [2.75, 3.05) is 38.2 Å². The first-order valence-corrected chi connectivity index (χ1v) is 12.2. The predicted molar refractivity (Wildman–Crippen MR) is 127 cm³/mol. The van der Waals surface area contributed by atoms with Crippen molar-refractivity contribution in [1.82, 2.24) is 14.3 Å². The molecule has 0 amide bonds. The van der Waals surface area contributed by atoms with Gasteiger partial charge < -0.3 is 14.4 Å². The Balaban J connectivity index is 1.49. The molecule has 1 aromatic heterocycles. The summed E-state index contributed by atoms with van der Waals surface area (Å²) in [7, 11) is -2.19. The van der Waals surface area contributed by atoms with Crippen LogP contribution >= 0.6 is 0 Å². The van der Waals surface area contributed by atoms with Crippen LogP contribution in [0.3, 0.4) is 0 Å². The number of methoxy groups -OCH3 is 1. The number of sulfonamides is 1. The van der Waals surface area contributed by atoms with Gasteiger partial charge >= 0.3 is 0 Å². The summed E-state index contributed by atoms with van der Waals surface area (Å²) in [5, 5.41) is 0. The van der Waals surface area contributed by atoms with E-state index in [-0.39, 0.29) is 4.90 Å². The molecule has 33 heavy (non-hydrogen) atoms. The van der Waals surface area contributed by atoms with E-state index in [0.717, 1.165) is 16.9 Å². The number of benzene rings is 2. The van der Waals surface area contributed by atoms with Gasteiger partial charge in [0.25, 0.3) is 0 Å². The molecule has 0 aliphatic carbocycles. The molecule has 0 saturated carbocycles. The van der Waals surface area contributed by atoms with Crippen molar-refractivity contribution in [3.63, 3.8) is 0 Å². The Kier molecular flexibility index (Phi) is 6.53. The summed E-state index contributed by atoms with van der Waals surface area (Å²) in [6, 6.07) is 14.7. The molecule has 0 atom stereocenters. The number of aromatic nitrogens is 2. The Labute approximate surface area is 194 Å². The van der Waals surface area contributed by atoms with Crippen LogP contribution in [0.5, 0.6) is 17.4 Å². The number of rotatable bonds is 6. The molecular formula is C24H28N4O4S. The van der Waals surface area contributed by atoms with E-state index in [4.69, 9.17) is 9.47 Å². The summed E-state index contributed by atoms with van der Waals surface area (Å²) in [5.41, 5.74) is 2.02. The lowest BCUT2D eigenvalue weighted by molar-refractivity contribution is 0.373. The molecule has 2 heterocycles. The van der Waals surface area contributed by atoms with Gasteiger partial charge in [-0.15, -0.1) is 0 Å². The number of ether oxygens (including phenoxy) is 2. The van der Waals surface area contributed by atoms with Gasteiger partial charge in [0.1, 0.15) is 28.0 Å². The molecule has 1 fully saturated rings. The SMILES string of the molecule is COc1ccc(C)cc1S(=O)(=O)N1CCN(c2cc(Oc3ccc(C)cc3)nc(C)n2)CC1. The summed E-state index contributed by atoms with van der Waals surface area (Å²) in [4.78, 5) is 11.2. The van der Waals surface area contributed by atoms with E-state index in [9.17, 15) is 8.42 Å². The van der Waals surface area contributed by atoms with Gasteiger partial charge in [-0.05, 0) is 50.6 Å². The normalized spacial score (nSPS) is 14.8. The molecule has 9 heteroatoms. The Morgan fingerprint density at radius 2 is 1.52 bits per heavy atom. The molecule has 1 saturated heterocycles. The van der Waals surface area contributed by atoms with Crippen LogP contribution in [0.15, 0.2) is 53.4 Å². The minimum atomic E-state index is -3.67. The lowest BCUT2D eigenvalue weighted by Gasteiger charge is -2.35. The number of piperazine rings is 1. The maximum Gasteiger partial charge on any atom is 0.246 e. The van der Waals surface area contributed by atoms with Gasteiger partial charge in [-0.25, -0.2) is 13.4 Å². The molecule has 0 radical (unpaired) electrons. The third-order valence-corrected chi connectivity index (χ3v) is 7.46. The minimum absolute atomic E-state index is 0.199. The summed E-state index contributed by atoms with van der Waals surface area (Å²) < 4.78 is 39.3. The molecule has 0 N–H and O–H groups in total. The number of hydrogen-bond acceptors (Lipinski definition) is 7. The van der Waals surface area contributed by atoms with Gasteiger partial charge in [0, 0.05) is 32.2 Å². The highest BCUT2D eigenvalue weighted by atomic mass is 32.2. The van der Waals surface area contributed by atoms with Crippen molar-refractivity contribution in [2.45, 2.75) is 25.7 Å². The number of aryl methyl sites for hydroxylation is 3. The first-order valence-electron chi connectivity index (χ1n) is 10.8. The minimum Gasteiger partial charge on any atom is -0.495 e. The van der Waals surface area contributed by atoms with Crippen LogP contribution < -0.4 is 14.4 Å². The van der Waals surface area contributed by atoms with Gasteiger partial charge in [-0.1, -0.05) is 23.8 Å². The van der Waals surface area contributed by atoms with Gasteiger partial charge in [0.05, 0.1) is 7.11 Å². The van der Waals surface area contributed by atoms with Crippen molar-refractivity contribution in [3.8, 4) is 17.4 Å². The van der Waals surface area contributed by atoms with Crippen LogP contribution in [0.25, 0.3) is 0 Å². The average Bonchev–Trinajstić information content (AvgIpc) is 2.80. The number of hydrogen-bond donors (Lipinski definition) is 0. The average molecular weight is 469 g/mol. The quantitative estimate of drug-likeness (QED) is 0.545. The molecule has 1 aliphatic rings. The van der Waals surface area contributed by atoms with Crippen molar-refractivity contribution in [2.24, 2.45) is 0 Å². The maximum atomic E-state index is 13.3. The molecule has 3 aromatic rings. The second-order valence-corrected chi connectivity index (χ2v) is 9.98. The highest BCUT2D eigenvalue weighted by molar-refractivity contribution is 7.89. The molecule has 0 bridgehead atoms. The van der Waals surface area contributed by atoms with Crippen LogP contribution in [0.4, 0.5) is 5.82 Å². The lowest BCUT2D eigenvalue weighted by atomic mass is 10.2. The van der Waals surface area contributed by atoms with Crippen LogP contribution in [0.1, 0.15) is 17.0 Å². The van der Waals surface area contributed by atoms with E-state index < -0.39 is 10.0 Å². The predicted octanol–water partition coefficient (Wildman–Crippen LogP) is 3.71. The topological polar surface area (TPSA) is 84.9 Å². The fourth-order valence-corrected chi connectivity index (χ4v) is 5.41. The van der Waals surface area contributed by atoms with Crippen LogP contribution in [-0.4, -0.2) is 56.0 Å². The molecule has 1 aliphatic heterocycles. The van der Waals surface area contributed by atoms with Crippen molar-refractivity contribution < 1.29 is 17.9 Å². The Hall–Kier alpha value is -3.17. The van der Waals surface area contributed by atoms with Crippen LogP contribution in [0, 0.1) is 20.8 Å². The Morgan fingerprint density at radius 1 is 0.848 bits per heavy atom. The zero-order valence-corrected chi connectivity index (χ0v) is 20.1. The highest BCUT2D eigenvalue weighted by Gasteiger charge is 2.31. The molecule has 174 valence electrons. The van der Waals surface area contributed by atoms with E-state index >= 15 is 0 Å². The molecule has 0 spiro atoms. The van der Waals surface area contributed by atoms with Crippen LogP contribution in [-0.2, 0) is 10.0 Å². The third kappa shape index (κ3) is 5.09. The smallest absolute Gasteiger partial charge is 0.246 e. The standard InChI is InChI=1S/C24H28N4O4S/c1-17-5-8-20(9-6-17)32-24-16-23(25-19(3)26-24)27-11-13-28(14-12-27)33(29,30)22-15-18(2)7-10-21(22)31-4/h5-10,15-16H,11-14H2,1-4H3. The summed E-state index contributed by atoms with van der Waals surface area (Å²) in [5.74, 6) is 2.82. The highest BCUT2D eigenvalue weighted by Crippen LogP contribution is 2.29. The van der Waals surface area contributed by atoms with Gasteiger partial charge in [0.15, 0.2) is 0 Å². The van der Waals surface area contributed by atoms with E-state index in [2.05, 4.69) is 14.9 Å². The van der Waals surface area contributed by atoms with Crippen molar-refractivity contribution in [1.29, 1.82) is 0 Å². The van der Waals surface area contributed by atoms with Gasteiger partial charge in [0.2, 0.25) is 15.9 Å². The van der Waals surface area contributed by atoms with Gasteiger partial charge in [-0.3, -0.25) is 0 Å². The fourth-order valence-electron chi connectivity index (χ4n) is 3.75. The summed E-state index contributed by atoms with van der Waals surface area (Å²) in [6.07, 6.45) is 0. The monoisotopic (exact) mass is 468 g/mol. The number of nitrogens with zero attached hydrogens (tertiary/aromatic N) is 4. The van der Waals surface area contributed by atoms with Crippen molar-refractivity contribution >= 4 is 15.8 Å². The zero-order valence-electron chi connectivity index (χ0n) is 19.3. The Bertz CT molecular complexity index is 1240. The largest absolute Gasteiger partial charge is 0.495 e. The van der Waals surface area contributed by atoms with E-state index in [1.54, 1.807) is 18.2 Å². The maximum absolute atomic E-state index is 13.3. The van der Waals surface area contributed by atoms with Gasteiger partial charge in [-0.2, -0.15) is 9.29 Å². The van der Waals surface area contributed by atoms with E-state index in [1.807, 2.05) is 51.1 Å². The fraction of sp³-hybridized carbons (Fsp3) is 0.333. The molecule has 4 rings (SSSR count). The third-order valence-electron chi connectivity index (χ3n) is 5.54. The second kappa shape index (κ2) is 9.36. The Morgan fingerprint density at radius 3 is 2.18 bits per heavy atom. The first kappa shape index (κ1) is 23.0. The first-order chi connectivity index (χ1) is 15.8. The lowest BCUT2D eigenvalue weighted by Crippen LogP contribution is -2.49. The number of anilines is 1. The second-order valence-electron chi connectivity index (χ2n) is 8.07. The van der Waals surface area contributed by atoms with E-state index in [1.165, 1.54) is 11.4 Å². The summed E-state index contributed by atoms with van der Waals surface area (Å²) >= 11 is 0. The molecule has 2 aromatic carbocycles. The van der Waals surface area contributed by atoms with E-state index in [0.29, 0.717) is 49.4 Å². The molecular weight excluding hydrogens is 440 g/mol.